The highest BCUT2D eigenvalue weighted by atomic mass is 35.5. The van der Waals surface area contributed by atoms with E-state index in [1.165, 1.54) is 11.3 Å². The van der Waals surface area contributed by atoms with Crippen molar-refractivity contribution in [2.45, 2.75) is 29.1 Å². The van der Waals surface area contributed by atoms with Crippen LogP contribution in [0.15, 0.2) is 89.4 Å². The van der Waals surface area contributed by atoms with Crippen LogP contribution in [0.4, 0.5) is 10.5 Å². The largest absolute Gasteiger partial charge is 0.503 e. The molecule has 2 aromatic carbocycles. The third kappa shape index (κ3) is 7.32. The van der Waals surface area contributed by atoms with Crippen LogP contribution in [-0.4, -0.2) is 42.9 Å². The van der Waals surface area contributed by atoms with Gasteiger partial charge in [0.05, 0.1) is 0 Å². The van der Waals surface area contributed by atoms with Gasteiger partial charge >= 0.3 is 6.16 Å². The van der Waals surface area contributed by atoms with E-state index in [-0.39, 0.29) is 12.0 Å². The quantitative estimate of drug-likeness (QED) is 0.232. The van der Waals surface area contributed by atoms with Gasteiger partial charge in [0.15, 0.2) is 0 Å². The molecule has 0 aliphatic heterocycles. The molecule has 198 valence electrons. The average molecular weight is 572 g/mol. The molecule has 0 spiro atoms. The van der Waals surface area contributed by atoms with Gasteiger partial charge in [-0.2, -0.15) is 0 Å². The van der Waals surface area contributed by atoms with Gasteiger partial charge in [0.1, 0.15) is 4.21 Å². The second-order valence-corrected chi connectivity index (χ2v) is 12.3. The summed E-state index contributed by atoms with van der Waals surface area (Å²) in [6.45, 7) is 0.756. The number of pyridine rings is 1. The molecule has 1 fully saturated rings. The fraction of sp³-hybridized carbons (Fsp3) is 0.185. The Balaban J connectivity index is 0.000000786. The Morgan fingerprint density at radius 3 is 2.53 bits per heavy atom. The van der Waals surface area contributed by atoms with Crippen molar-refractivity contribution in [1.82, 2.24) is 9.71 Å². The first-order valence-electron chi connectivity index (χ1n) is 11.6. The molecule has 5 rings (SSSR count). The average Bonchev–Trinajstić information content (AvgIpc) is 3.44. The summed E-state index contributed by atoms with van der Waals surface area (Å²) < 4.78 is 29.2. The van der Waals surface area contributed by atoms with E-state index in [2.05, 4.69) is 38.9 Å². The molecule has 0 unspecified atom stereocenters. The minimum atomic E-state index is -3.58. The monoisotopic (exact) mass is 571 g/mol. The van der Waals surface area contributed by atoms with Crippen molar-refractivity contribution < 1.29 is 23.4 Å². The summed E-state index contributed by atoms with van der Waals surface area (Å²) in [6, 6.07) is 23.1. The molecule has 0 bridgehead atoms. The molecule has 2 atom stereocenters. The Hall–Kier alpha value is -3.44. The van der Waals surface area contributed by atoms with Crippen molar-refractivity contribution >= 4 is 44.8 Å². The highest BCUT2D eigenvalue weighted by Gasteiger charge is 2.41. The molecule has 4 aromatic rings. The van der Waals surface area contributed by atoms with Crippen LogP contribution in [0.1, 0.15) is 23.5 Å². The Morgan fingerprint density at radius 1 is 1.11 bits per heavy atom. The zero-order chi connectivity index (χ0) is 27.3. The lowest BCUT2D eigenvalue weighted by Gasteiger charge is -2.20. The Morgan fingerprint density at radius 2 is 1.84 bits per heavy atom. The van der Waals surface area contributed by atoms with E-state index in [1.807, 2.05) is 43.6 Å². The number of rotatable bonds is 8. The van der Waals surface area contributed by atoms with E-state index >= 15 is 0 Å². The van der Waals surface area contributed by atoms with Gasteiger partial charge in [-0.1, -0.05) is 41.9 Å². The first-order valence-corrected chi connectivity index (χ1v) is 14.3. The second-order valence-electron chi connectivity index (χ2n) is 8.79. The smallest absolute Gasteiger partial charge is 0.450 e. The van der Waals surface area contributed by atoms with E-state index in [1.54, 1.807) is 24.4 Å². The molecule has 1 aliphatic rings. The topological polar surface area (TPSA) is 120 Å². The second kappa shape index (κ2) is 12.0. The van der Waals surface area contributed by atoms with Gasteiger partial charge in [0.2, 0.25) is 10.0 Å². The molecule has 38 heavy (non-hydrogen) atoms. The lowest BCUT2D eigenvalue weighted by atomic mass is 10.1. The maximum Gasteiger partial charge on any atom is 0.503 e. The number of carboxylic acid groups (broad SMARTS) is 2. The number of anilines is 1. The van der Waals surface area contributed by atoms with Crippen molar-refractivity contribution in [3.63, 3.8) is 0 Å². The normalized spacial score (nSPS) is 16.3. The molecular weight excluding hydrogens is 546 g/mol. The van der Waals surface area contributed by atoms with Gasteiger partial charge in [0.25, 0.3) is 0 Å². The van der Waals surface area contributed by atoms with E-state index in [0.717, 1.165) is 40.2 Å². The summed E-state index contributed by atoms with van der Waals surface area (Å²) in [5.74, 6) is 0.178. The fourth-order valence-electron chi connectivity index (χ4n) is 4.03. The van der Waals surface area contributed by atoms with Crippen molar-refractivity contribution in [2.24, 2.45) is 0 Å². The van der Waals surface area contributed by atoms with Crippen LogP contribution < -0.4 is 9.62 Å². The van der Waals surface area contributed by atoms with Crippen LogP contribution in [0, 0.1) is 0 Å². The van der Waals surface area contributed by atoms with Crippen molar-refractivity contribution in [3.8, 4) is 10.4 Å². The fourth-order valence-corrected chi connectivity index (χ4v) is 6.78. The lowest BCUT2D eigenvalue weighted by Crippen LogP contribution is -2.26. The maximum atomic E-state index is 13.0. The van der Waals surface area contributed by atoms with E-state index in [4.69, 9.17) is 26.6 Å². The number of benzene rings is 2. The summed E-state index contributed by atoms with van der Waals surface area (Å²) in [7, 11) is -1.53. The summed E-state index contributed by atoms with van der Waals surface area (Å²) in [6.07, 6.45) is 2.60. The molecule has 1 aliphatic carbocycles. The standard InChI is InChI=1S/C26H24ClN3O2S2.CH2O3/c1-30(17-18-4-3-13-28-16-18)22-6-2-5-20(14-22)23-15-24(23)29-34(31,32)26-12-11-25(33-26)19-7-9-21(27)10-8-19;2-1(3)4/h2-14,16,23-24,29H,15,17H2,1H3;(H2,2,3,4)/t23-,24+;/m1./s1. The van der Waals surface area contributed by atoms with E-state index in [0.29, 0.717) is 9.23 Å². The predicted molar refractivity (Wildman–Crippen MR) is 150 cm³/mol. The van der Waals surface area contributed by atoms with Crippen LogP contribution in [0.2, 0.25) is 5.02 Å². The number of halogens is 1. The van der Waals surface area contributed by atoms with Gasteiger partial charge in [-0.3, -0.25) is 4.98 Å². The van der Waals surface area contributed by atoms with Crippen LogP contribution >= 0.6 is 22.9 Å². The van der Waals surface area contributed by atoms with Crippen LogP contribution in [-0.2, 0) is 16.6 Å². The van der Waals surface area contributed by atoms with E-state index < -0.39 is 16.2 Å². The number of thiophene rings is 1. The molecule has 11 heteroatoms. The van der Waals surface area contributed by atoms with Gasteiger partial charge < -0.3 is 15.1 Å². The molecule has 0 saturated heterocycles. The molecule has 3 N–H and O–H groups in total. The lowest BCUT2D eigenvalue weighted by molar-refractivity contribution is 0.137. The summed E-state index contributed by atoms with van der Waals surface area (Å²) in [5, 5.41) is 14.6. The zero-order valence-electron chi connectivity index (χ0n) is 20.4. The third-order valence-corrected chi connectivity index (χ3v) is 9.32. The molecule has 1 saturated carbocycles. The minimum Gasteiger partial charge on any atom is -0.450 e. The zero-order valence-corrected chi connectivity index (χ0v) is 22.7. The van der Waals surface area contributed by atoms with Gasteiger partial charge in [-0.05, 0) is 65.6 Å². The number of nitrogens with one attached hydrogen (secondary N) is 1. The summed E-state index contributed by atoms with van der Waals surface area (Å²) in [4.78, 5) is 15.8. The number of aromatic nitrogens is 1. The summed E-state index contributed by atoms with van der Waals surface area (Å²) in [5.41, 5.74) is 4.34. The summed E-state index contributed by atoms with van der Waals surface area (Å²) >= 11 is 7.23. The van der Waals surface area contributed by atoms with Crippen LogP contribution in [0.3, 0.4) is 0 Å². The molecular formula is C27H26ClN3O5S2. The Bertz CT molecular complexity index is 1490. The maximum absolute atomic E-state index is 13.0. The Labute approximate surface area is 230 Å². The van der Waals surface area contributed by atoms with Crippen LogP contribution in [0.25, 0.3) is 10.4 Å². The van der Waals surface area contributed by atoms with Crippen LogP contribution in [0.5, 0.6) is 0 Å². The molecule has 2 heterocycles. The SMILES string of the molecule is CN(Cc1cccnc1)c1cccc([C@H]2C[C@@H]2NS(=O)(=O)c2ccc(-c3ccc(Cl)cc3)s2)c1.O=C(O)O. The minimum absolute atomic E-state index is 0.0926. The first-order chi connectivity index (χ1) is 18.1. The van der Waals surface area contributed by atoms with E-state index in [9.17, 15) is 8.42 Å². The highest BCUT2D eigenvalue weighted by molar-refractivity contribution is 7.91. The molecule has 0 amide bonds. The number of hydrogen-bond donors (Lipinski definition) is 3. The molecule has 0 radical (unpaired) electrons. The number of carbonyl (C=O) groups is 1. The van der Waals surface area contributed by atoms with Gasteiger partial charge in [-0.25, -0.2) is 17.9 Å². The number of sulfonamides is 1. The van der Waals surface area contributed by atoms with Crippen molar-refractivity contribution in [3.05, 3.63) is 101 Å². The number of nitrogens with zero attached hydrogens (tertiary/aromatic N) is 2. The van der Waals surface area contributed by atoms with Gasteiger partial charge in [0, 0.05) is 53.5 Å². The third-order valence-electron chi connectivity index (χ3n) is 5.95. The molecule has 2 aromatic heterocycles. The van der Waals surface area contributed by atoms with Gasteiger partial charge in [-0.15, -0.1) is 11.3 Å². The highest BCUT2D eigenvalue weighted by Crippen LogP contribution is 2.43. The predicted octanol–water partition coefficient (Wildman–Crippen LogP) is 6.16. The molecule has 8 nitrogen and oxygen atoms in total. The first kappa shape index (κ1) is 27.6. The Kier molecular flexibility index (Phi) is 8.68. The number of hydrogen-bond acceptors (Lipinski definition) is 6. The van der Waals surface area contributed by atoms with Crippen molar-refractivity contribution in [2.75, 3.05) is 11.9 Å². The van der Waals surface area contributed by atoms with Crippen molar-refractivity contribution in [1.29, 1.82) is 0 Å².